The molecule has 0 radical (unpaired) electrons. The van der Waals surface area contributed by atoms with E-state index < -0.39 is 0 Å². The highest BCUT2D eigenvalue weighted by Crippen LogP contribution is 2.32. The molecule has 4 heteroatoms. The molecule has 82 valence electrons. The van der Waals surface area contributed by atoms with Crippen molar-refractivity contribution < 1.29 is 9.53 Å². The third-order valence-corrected chi connectivity index (χ3v) is 3.02. The molecule has 1 rings (SSSR count). The van der Waals surface area contributed by atoms with Crippen molar-refractivity contribution in [3.63, 3.8) is 0 Å². The molecular formula is C10H18INO2. The Bertz CT molecular complexity index is 181. The smallest absolute Gasteiger partial charge is 0.220 e. The van der Waals surface area contributed by atoms with Crippen LogP contribution in [0.2, 0.25) is 0 Å². The highest BCUT2D eigenvalue weighted by Gasteiger charge is 2.30. The minimum absolute atomic E-state index is 0.196. The number of carbonyl (C=O) groups excluding carboxylic acids is 1. The van der Waals surface area contributed by atoms with Gasteiger partial charge in [0.25, 0.3) is 0 Å². The second-order valence-corrected chi connectivity index (χ2v) is 4.74. The number of hydrogen-bond donors (Lipinski definition) is 1. The van der Waals surface area contributed by atoms with Crippen molar-refractivity contribution in [2.24, 2.45) is 5.92 Å². The van der Waals surface area contributed by atoms with Crippen molar-refractivity contribution in [1.29, 1.82) is 0 Å². The molecule has 0 spiro atoms. The molecule has 1 fully saturated rings. The molecule has 1 aliphatic carbocycles. The molecule has 1 amide bonds. The highest BCUT2D eigenvalue weighted by molar-refractivity contribution is 14.1. The summed E-state index contributed by atoms with van der Waals surface area (Å²) in [6.45, 7) is 3.60. The normalized spacial score (nSPS) is 25.6. The van der Waals surface area contributed by atoms with Gasteiger partial charge in [-0.3, -0.25) is 4.79 Å². The number of nitrogens with one attached hydrogen (secondary N) is 1. The molecule has 0 unspecified atom stereocenters. The first-order valence-corrected chi connectivity index (χ1v) is 6.73. The van der Waals surface area contributed by atoms with Gasteiger partial charge < -0.3 is 10.1 Å². The molecule has 0 bridgehead atoms. The van der Waals surface area contributed by atoms with Gasteiger partial charge in [-0.25, -0.2) is 0 Å². The van der Waals surface area contributed by atoms with E-state index in [1.807, 2.05) is 6.92 Å². The van der Waals surface area contributed by atoms with Crippen LogP contribution in [0.4, 0.5) is 0 Å². The number of amides is 1. The summed E-state index contributed by atoms with van der Waals surface area (Å²) in [6.07, 6.45) is 3.22. The van der Waals surface area contributed by atoms with Crippen LogP contribution in [0.15, 0.2) is 0 Å². The number of carbonyl (C=O) groups is 1. The zero-order valence-electron chi connectivity index (χ0n) is 8.59. The number of hydrogen-bond acceptors (Lipinski definition) is 2. The number of ether oxygens (including phenoxy) is 1. The van der Waals surface area contributed by atoms with Gasteiger partial charge in [-0.05, 0) is 25.7 Å². The lowest BCUT2D eigenvalue weighted by Crippen LogP contribution is -2.36. The van der Waals surface area contributed by atoms with Crippen molar-refractivity contribution in [2.75, 3.05) is 17.6 Å². The molecule has 1 saturated carbocycles. The van der Waals surface area contributed by atoms with Crippen molar-refractivity contribution in [3.05, 3.63) is 0 Å². The van der Waals surface area contributed by atoms with Gasteiger partial charge in [0.1, 0.15) is 0 Å². The van der Waals surface area contributed by atoms with Gasteiger partial charge in [0.05, 0.1) is 6.10 Å². The molecule has 14 heavy (non-hydrogen) atoms. The first kappa shape index (κ1) is 12.2. The number of alkyl halides is 1. The van der Waals surface area contributed by atoms with E-state index in [1.165, 1.54) is 0 Å². The van der Waals surface area contributed by atoms with Crippen molar-refractivity contribution >= 4 is 28.5 Å². The third kappa shape index (κ3) is 4.13. The Morgan fingerprint density at radius 3 is 2.86 bits per heavy atom. The van der Waals surface area contributed by atoms with Crippen LogP contribution in [0, 0.1) is 5.92 Å². The van der Waals surface area contributed by atoms with Crippen molar-refractivity contribution in [2.45, 2.75) is 32.3 Å². The first-order chi connectivity index (χ1) is 6.76. The Hall–Kier alpha value is 0.160. The molecule has 0 aromatic carbocycles. The largest absolute Gasteiger partial charge is 0.378 e. The molecule has 0 aromatic heterocycles. The third-order valence-electron chi connectivity index (χ3n) is 2.49. The van der Waals surface area contributed by atoms with E-state index in [1.54, 1.807) is 0 Å². The predicted molar refractivity (Wildman–Crippen MR) is 64.7 cm³/mol. The maximum Gasteiger partial charge on any atom is 0.220 e. The Kier molecular flexibility index (Phi) is 5.77. The Balaban J connectivity index is 2.01. The van der Waals surface area contributed by atoms with Gasteiger partial charge in [-0.15, -0.1) is 0 Å². The van der Waals surface area contributed by atoms with E-state index in [4.69, 9.17) is 4.74 Å². The second-order valence-electron chi connectivity index (χ2n) is 3.66. The maximum atomic E-state index is 11.3. The molecule has 1 aliphatic rings. The lowest BCUT2D eigenvalue weighted by Gasteiger charge is -2.34. The molecule has 3 nitrogen and oxygen atoms in total. The van der Waals surface area contributed by atoms with Gasteiger partial charge in [-0.1, -0.05) is 22.6 Å². The van der Waals surface area contributed by atoms with E-state index in [2.05, 4.69) is 27.9 Å². The molecular weight excluding hydrogens is 293 g/mol. The van der Waals surface area contributed by atoms with Crippen LogP contribution in [0.5, 0.6) is 0 Å². The number of rotatable bonds is 6. The fourth-order valence-corrected chi connectivity index (χ4v) is 2.00. The minimum Gasteiger partial charge on any atom is -0.378 e. The molecule has 0 saturated heterocycles. The van der Waals surface area contributed by atoms with Crippen molar-refractivity contribution in [3.8, 4) is 0 Å². The van der Waals surface area contributed by atoms with Gasteiger partial charge in [0.2, 0.25) is 5.91 Å². The van der Waals surface area contributed by atoms with Crippen LogP contribution in [0.1, 0.15) is 26.2 Å². The SMILES string of the molecule is CCOC1CC(CC(=O)NCCI)C1. The lowest BCUT2D eigenvalue weighted by atomic mass is 9.80. The van der Waals surface area contributed by atoms with Crippen LogP contribution >= 0.6 is 22.6 Å². The van der Waals surface area contributed by atoms with E-state index in [0.717, 1.165) is 30.4 Å². The average molecular weight is 311 g/mol. The van der Waals surface area contributed by atoms with Crippen molar-refractivity contribution in [1.82, 2.24) is 5.32 Å². The minimum atomic E-state index is 0.196. The Labute approximate surface area is 99.1 Å². The van der Waals surface area contributed by atoms with Gasteiger partial charge >= 0.3 is 0 Å². The zero-order chi connectivity index (χ0) is 10.4. The van der Waals surface area contributed by atoms with Gasteiger partial charge in [0, 0.05) is 24.0 Å². The summed E-state index contributed by atoms with van der Waals surface area (Å²) in [5.41, 5.74) is 0. The summed E-state index contributed by atoms with van der Waals surface area (Å²) in [5, 5.41) is 2.89. The maximum absolute atomic E-state index is 11.3. The van der Waals surface area contributed by atoms with E-state index >= 15 is 0 Å². The first-order valence-electron chi connectivity index (χ1n) is 5.20. The molecule has 0 aromatic rings. The second kappa shape index (κ2) is 6.61. The Morgan fingerprint density at radius 2 is 2.29 bits per heavy atom. The van der Waals surface area contributed by atoms with Gasteiger partial charge in [-0.2, -0.15) is 0 Å². The Morgan fingerprint density at radius 1 is 1.57 bits per heavy atom. The monoisotopic (exact) mass is 311 g/mol. The van der Waals surface area contributed by atoms with Crippen LogP contribution in [0.25, 0.3) is 0 Å². The fourth-order valence-electron chi connectivity index (χ4n) is 1.73. The summed E-state index contributed by atoms with van der Waals surface area (Å²) in [7, 11) is 0. The fraction of sp³-hybridized carbons (Fsp3) is 0.900. The van der Waals surface area contributed by atoms with E-state index in [9.17, 15) is 4.79 Å². The highest BCUT2D eigenvalue weighted by atomic mass is 127. The summed E-state index contributed by atoms with van der Waals surface area (Å²) in [6, 6.07) is 0. The van der Waals surface area contributed by atoms with Crippen LogP contribution in [-0.4, -0.2) is 29.6 Å². The van der Waals surface area contributed by atoms with Crippen LogP contribution in [0.3, 0.4) is 0 Å². The lowest BCUT2D eigenvalue weighted by molar-refractivity contribution is -0.124. The van der Waals surface area contributed by atoms with Crippen LogP contribution < -0.4 is 5.32 Å². The predicted octanol–water partition coefficient (Wildman–Crippen LogP) is 1.74. The summed E-state index contributed by atoms with van der Waals surface area (Å²) in [5.74, 6) is 0.752. The molecule has 0 aliphatic heterocycles. The van der Waals surface area contributed by atoms with E-state index in [-0.39, 0.29) is 5.91 Å². The van der Waals surface area contributed by atoms with Gasteiger partial charge in [0.15, 0.2) is 0 Å². The average Bonchev–Trinajstić information content (AvgIpc) is 2.11. The molecule has 0 atom stereocenters. The standard InChI is InChI=1S/C10H18INO2/c1-2-14-9-5-8(6-9)7-10(13)12-4-3-11/h8-9H,2-7H2,1H3,(H,12,13). The summed E-state index contributed by atoms with van der Waals surface area (Å²) < 4.78 is 6.42. The topological polar surface area (TPSA) is 38.3 Å². The summed E-state index contributed by atoms with van der Waals surface area (Å²) >= 11 is 2.26. The molecule has 1 N–H and O–H groups in total. The van der Waals surface area contributed by atoms with E-state index in [0.29, 0.717) is 18.4 Å². The van der Waals surface area contributed by atoms with Crippen LogP contribution in [-0.2, 0) is 9.53 Å². The number of halogens is 1. The quantitative estimate of drug-likeness (QED) is 0.599. The molecule has 0 heterocycles. The summed E-state index contributed by atoms with van der Waals surface area (Å²) in [4.78, 5) is 11.3. The zero-order valence-corrected chi connectivity index (χ0v) is 10.7.